The lowest BCUT2D eigenvalue weighted by molar-refractivity contribution is -0.121. The normalized spacial score (nSPS) is 21.5. The van der Waals surface area contributed by atoms with Gasteiger partial charge in [-0.15, -0.1) is 0 Å². The highest BCUT2D eigenvalue weighted by Crippen LogP contribution is 2.54. The Balaban J connectivity index is 1.63. The summed E-state index contributed by atoms with van der Waals surface area (Å²) in [6.07, 6.45) is 6.66. The first kappa shape index (κ1) is 19.9. The molecule has 1 aromatic carbocycles. The summed E-state index contributed by atoms with van der Waals surface area (Å²) in [6, 6.07) is 8.40. The highest BCUT2D eigenvalue weighted by molar-refractivity contribution is 6.08. The Morgan fingerprint density at radius 3 is 2.75 bits per heavy atom. The van der Waals surface area contributed by atoms with E-state index < -0.39 is 17.4 Å². The van der Waals surface area contributed by atoms with Gasteiger partial charge in [-0.25, -0.2) is 9.78 Å². The summed E-state index contributed by atoms with van der Waals surface area (Å²) in [7, 11) is 3.11. The molecule has 0 saturated carbocycles. The second-order valence-corrected chi connectivity index (χ2v) is 7.97. The van der Waals surface area contributed by atoms with Gasteiger partial charge < -0.3 is 19.5 Å². The molecule has 4 heterocycles. The number of carbonyl (C=O) groups excluding carboxylic acids is 3. The summed E-state index contributed by atoms with van der Waals surface area (Å²) in [4.78, 5) is 49.2. The monoisotopic (exact) mass is 431 g/mol. The van der Waals surface area contributed by atoms with Crippen LogP contribution in [-0.4, -0.2) is 50.9 Å². The molecule has 2 aromatic heterocycles. The van der Waals surface area contributed by atoms with E-state index in [1.165, 1.54) is 25.6 Å². The van der Waals surface area contributed by atoms with Gasteiger partial charge in [0.2, 0.25) is 5.91 Å². The van der Waals surface area contributed by atoms with Crippen molar-refractivity contribution in [1.82, 2.24) is 19.4 Å². The number of hydrogen-bond donors (Lipinski definition) is 1. The van der Waals surface area contributed by atoms with Crippen molar-refractivity contribution in [2.75, 3.05) is 19.0 Å². The molecule has 0 aliphatic carbocycles. The van der Waals surface area contributed by atoms with E-state index in [9.17, 15) is 14.4 Å². The molecule has 5 rings (SSSR count). The Morgan fingerprint density at radius 1 is 1.22 bits per heavy atom. The van der Waals surface area contributed by atoms with Crippen LogP contribution in [0.1, 0.15) is 44.6 Å². The average Bonchev–Trinajstić information content (AvgIpc) is 3.49. The van der Waals surface area contributed by atoms with E-state index in [1.54, 1.807) is 17.3 Å². The molecule has 2 amide bonds. The number of para-hydroxylation sites is 1. The summed E-state index contributed by atoms with van der Waals surface area (Å²) < 4.78 is 6.58. The van der Waals surface area contributed by atoms with Crippen molar-refractivity contribution < 1.29 is 19.1 Å². The molecule has 1 fully saturated rings. The maximum absolute atomic E-state index is 13.7. The molecule has 162 valence electrons. The number of esters is 1. The Morgan fingerprint density at radius 2 is 2.00 bits per heavy atom. The van der Waals surface area contributed by atoms with Gasteiger partial charge in [0.15, 0.2) is 0 Å². The van der Waals surface area contributed by atoms with Crippen LogP contribution in [0.15, 0.2) is 55.1 Å². The third-order valence-electron chi connectivity index (χ3n) is 6.36. The highest BCUT2D eigenvalue weighted by Gasteiger charge is 2.60. The number of ether oxygens (including phenoxy) is 1. The van der Waals surface area contributed by atoms with E-state index in [2.05, 4.69) is 15.3 Å². The van der Waals surface area contributed by atoms with Gasteiger partial charge in [-0.05, 0) is 24.1 Å². The van der Waals surface area contributed by atoms with Crippen molar-refractivity contribution in [2.45, 2.75) is 17.9 Å². The molecule has 2 atom stereocenters. The molecule has 1 N–H and O–H groups in total. The predicted molar refractivity (Wildman–Crippen MR) is 114 cm³/mol. The van der Waals surface area contributed by atoms with Gasteiger partial charge in [0.1, 0.15) is 17.3 Å². The van der Waals surface area contributed by atoms with Crippen molar-refractivity contribution in [2.24, 2.45) is 7.05 Å². The van der Waals surface area contributed by atoms with Crippen molar-refractivity contribution in [3.8, 4) is 0 Å². The van der Waals surface area contributed by atoms with E-state index in [0.29, 0.717) is 18.8 Å². The van der Waals surface area contributed by atoms with E-state index in [1.807, 2.05) is 35.9 Å². The number of benzene rings is 1. The maximum atomic E-state index is 13.7. The first-order chi connectivity index (χ1) is 15.5. The summed E-state index contributed by atoms with van der Waals surface area (Å²) in [5.41, 5.74) is 1.08. The Kier molecular flexibility index (Phi) is 4.54. The second kappa shape index (κ2) is 7.30. The number of pyridine rings is 1. The highest BCUT2D eigenvalue weighted by atomic mass is 16.5. The fourth-order valence-electron chi connectivity index (χ4n) is 4.86. The average molecular weight is 431 g/mol. The first-order valence-electron chi connectivity index (χ1n) is 10.2. The van der Waals surface area contributed by atoms with Crippen LogP contribution in [0.3, 0.4) is 0 Å². The van der Waals surface area contributed by atoms with E-state index in [-0.39, 0.29) is 22.9 Å². The number of imidazole rings is 1. The fraction of sp³-hybridized carbons (Fsp3) is 0.261. The quantitative estimate of drug-likeness (QED) is 0.637. The third-order valence-corrected chi connectivity index (χ3v) is 6.36. The van der Waals surface area contributed by atoms with Crippen molar-refractivity contribution in [1.29, 1.82) is 0 Å². The number of aromatic nitrogens is 3. The second-order valence-electron chi connectivity index (χ2n) is 7.97. The zero-order valence-electron chi connectivity index (χ0n) is 17.6. The SMILES string of the molecule is COC(=O)c1cncc(C(=O)N2CC[C@]3(C(=O)Nc4ccccc43)[C@@H]2c2nccn2C)c1. The number of nitrogens with zero attached hydrogens (tertiary/aromatic N) is 4. The van der Waals surface area contributed by atoms with E-state index in [0.717, 1.165) is 11.3 Å². The van der Waals surface area contributed by atoms with E-state index in [4.69, 9.17) is 4.74 Å². The van der Waals surface area contributed by atoms with Gasteiger partial charge in [0.25, 0.3) is 5.91 Å². The molecule has 2 aliphatic heterocycles. The minimum absolute atomic E-state index is 0.150. The summed E-state index contributed by atoms with van der Waals surface area (Å²) in [6.45, 7) is 0.348. The number of likely N-dealkylation sites (tertiary alicyclic amines) is 1. The lowest BCUT2D eigenvalue weighted by Gasteiger charge is -2.33. The van der Waals surface area contributed by atoms with Crippen LogP contribution in [0, 0.1) is 0 Å². The van der Waals surface area contributed by atoms with Gasteiger partial charge in [0, 0.05) is 44.1 Å². The van der Waals surface area contributed by atoms with Crippen LogP contribution in [0.5, 0.6) is 0 Å². The topological polar surface area (TPSA) is 106 Å². The number of amides is 2. The van der Waals surface area contributed by atoms with Gasteiger partial charge in [-0.3, -0.25) is 14.6 Å². The van der Waals surface area contributed by atoms with Crippen LogP contribution in [0.2, 0.25) is 0 Å². The summed E-state index contributed by atoms with van der Waals surface area (Å²) in [5, 5.41) is 2.98. The third kappa shape index (κ3) is 2.74. The van der Waals surface area contributed by atoms with Crippen LogP contribution >= 0.6 is 0 Å². The predicted octanol–water partition coefficient (Wildman–Crippen LogP) is 2.08. The van der Waals surface area contributed by atoms with Crippen LogP contribution in [0.25, 0.3) is 0 Å². The zero-order valence-corrected chi connectivity index (χ0v) is 17.6. The molecular formula is C23H21N5O4. The molecule has 32 heavy (non-hydrogen) atoms. The number of methoxy groups -OCH3 is 1. The Labute approximate surface area is 184 Å². The molecule has 2 aliphatic rings. The number of aryl methyl sites for hydroxylation is 1. The number of rotatable bonds is 3. The van der Waals surface area contributed by atoms with Crippen LogP contribution in [-0.2, 0) is 22.0 Å². The van der Waals surface area contributed by atoms with Crippen LogP contribution in [0.4, 0.5) is 5.69 Å². The smallest absolute Gasteiger partial charge is 0.339 e. The molecule has 9 heteroatoms. The molecule has 3 aromatic rings. The Hall–Kier alpha value is -4.01. The number of fused-ring (bicyclic) bond motifs is 2. The number of carbonyl (C=O) groups is 3. The van der Waals surface area contributed by atoms with Crippen molar-refractivity contribution >= 4 is 23.5 Å². The molecule has 9 nitrogen and oxygen atoms in total. The summed E-state index contributed by atoms with van der Waals surface area (Å²) >= 11 is 0. The molecule has 1 saturated heterocycles. The summed E-state index contributed by atoms with van der Waals surface area (Å²) in [5.74, 6) is -0.441. The first-order valence-corrected chi connectivity index (χ1v) is 10.2. The Bertz CT molecular complexity index is 1250. The number of hydrogen-bond acceptors (Lipinski definition) is 6. The van der Waals surface area contributed by atoms with E-state index >= 15 is 0 Å². The molecular weight excluding hydrogens is 410 g/mol. The molecule has 0 unspecified atom stereocenters. The molecule has 0 bridgehead atoms. The zero-order chi connectivity index (χ0) is 22.5. The largest absolute Gasteiger partial charge is 0.465 e. The number of anilines is 1. The maximum Gasteiger partial charge on any atom is 0.339 e. The van der Waals surface area contributed by atoms with Gasteiger partial charge >= 0.3 is 5.97 Å². The lowest BCUT2D eigenvalue weighted by Crippen LogP contribution is -2.43. The fourth-order valence-corrected chi connectivity index (χ4v) is 4.86. The molecule has 0 radical (unpaired) electrons. The number of nitrogens with one attached hydrogen (secondary N) is 1. The molecule has 1 spiro atoms. The minimum atomic E-state index is -0.960. The van der Waals surface area contributed by atoms with Gasteiger partial charge in [-0.1, -0.05) is 18.2 Å². The standard InChI is InChI=1S/C23H21N5O4/c1-27-10-8-25-19(27)18-23(16-5-3-4-6-17(16)26-22(23)31)7-9-28(18)20(29)14-11-15(13-24-12-14)21(30)32-2/h3-6,8,10-13,18H,7,9H2,1-2H3,(H,26,31)/t18-,23+/m0/s1. The van der Waals surface area contributed by atoms with Crippen molar-refractivity contribution in [3.05, 3.63) is 77.6 Å². The van der Waals surface area contributed by atoms with Gasteiger partial charge in [0.05, 0.1) is 18.2 Å². The van der Waals surface area contributed by atoms with Gasteiger partial charge in [-0.2, -0.15) is 0 Å². The van der Waals surface area contributed by atoms with Crippen LogP contribution < -0.4 is 5.32 Å². The lowest BCUT2D eigenvalue weighted by atomic mass is 9.74. The van der Waals surface area contributed by atoms with Crippen molar-refractivity contribution in [3.63, 3.8) is 0 Å². The minimum Gasteiger partial charge on any atom is -0.465 e.